The molecule has 2 rings (SSSR count). The fourth-order valence-corrected chi connectivity index (χ4v) is 2.24. The first-order valence-electron chi connectivity index (χ1n) is 6.74. The molecule has 0 aromatic carbocycles. The number of ether oxygens (including phenoxy) is 1. The van der Waals surface area contributed by atoms with Crippen molar-refractivity contribution in [3.8, 4) is 0 Å². The van der Waals surface area contributed by atoms with Crippen LogP contribution in [0.2, 0.25) is 0 Å². The summed E-state index contributed by atoms with van der Waals surface area (Å²) in [6.45, 7) is 8.13. The lowest BCUT2D eigenvalue weighted by atomic mass is 9.97. The second-order valence-corrected chi connectivity index (χ2v) is 6.07. The Morgan fingerprint density at radius 3 is 2.37 bits per heavy atom. The van der Waals surface area contributed by atoms with Gasteiger partial charge in [-0.3, -0.25) is 0 Å². The minimum Gasteiger partial charge on any atom is -0.444 e. The molecule has 0 saturated carbocycles. The maximum atomic E-state index is 11.9. The van der Waals surface area contributed by atoms with Crippen LogP contribution in [0.5, 0.6) is 0 Å². The van der Waals surface area contributed by atoms with Gasteiger partial charge in [0.05, 0.1) is 0 Å². The zero-order valence-corrected chi connectivity index (χ0v) is 11.9. The highest BCUT2D eigenvalue weighted by atomic mass is 16.6. The second kappa shape index (κ2) is 5.59. The first-order chi connectivity index (χ1) is 8.94. The van der Waals surface area contributed by atoms with E-state index >= 15 is 0 Å². The van der Waals surface area contributed by atoms with Crippen molar-refractivity contribution in [2.75, 3.05) is 13.1 Å². The SMILES string of the molecule is CC(C)(C)OC(=O)N1CCC(Cn2cnnc2)CC1. The van der Waals surface area contributed by atoms with Crippen LogP contribution in [0.4, 0.5) is 4.79 Å². The lowest BCUT2D eigenvalue weighted by Crippen LogP contribution is -2.42. The van der Waals surface area contributed by atoms with Gasteiger partial charge in [0.15, 0.2) is 0 Å². The average molecular weight is 266 g/mol. The predicted octanol–water partition coefficient (Wildman–Crippen LogP) is 1.93. The van der Waals surface area contributed by atoms with Crippen LogP contribution in [0, 0.1) is 5.92 Å². The van der Waals surface area contributed by atoms with Crippen molar-refractivity contribution < 1.29 is 9.53 Å². The summed E-state index contributed by atoms with van der Waals surface area (Å²) in [4.78, 5) is 13.7. The molecule has 1 saturated heterocycles. The molecule has 1 aliphatic heterocycles. The molecule has 0 atom stereocenters. The number of hydrogen-bond donors (Lipinski definition) is 0. The molecule has 1 amide bonds. The molecule has 2 heterocycles. The largest absolute Gasteiger partial charge is 0.444 e. The van der Waals surface area contributed by atoms with E-state index in [1.165, 1.54) is 0 Å². The Bertz CT molecular complexity index is 403. The van der Waals surface area contributed by atoms with Crippen LogP contribution in [-0.2, 0) is 11.3 Å². The summed E-state index contributed by atoms with van der Waals surface area (Å²) in [5, 5.41) is 7.60. The summed E-state index contributed by atoms with van der Waals surface area (Å²) in [7, 11) is 0. The Kier molecular flexibility index (Phi) is 4.07. The van der Waals surface area contributed by atoms with E-state index < -0.39 is 5.60 Å². The minimum absolute atomic E-state index is 0.199. The van der Waals surface area contributed by atoms with Gasteiger partial charge in [-0.05, 0) is 39.5 Å². The molecule has 1 aromatic heterocycles. The first kappa shape index (κ1) is 13.8. The normalized spacial score (nSPS) is 17.5. The van der Waals surface area contributed by atoms with Crippen molar-refractivity contribution in [1.82, 2.24) is 19.7 Å². The molecule has 1 aromatic rings. The van der Waals surface area contributed by atoms with Gasteiger partial charge < -0.3 is 14.2 Å². The van der Waals surface area contributed by atoms with Gasteiger partial charge in [0.25, 0.3) is 0 Å². The molecular weight excluding hydrogens is 244 g/mol. The van der Waals surface area contributed by atoms with E-state index in [2.05, 4.69) is 10.2 Å². The highest BCUT2D eigenvalue weighted by molar-refractivity contribution is 5.68. The molecule has 0 unspecified atom stereocenters. The third-order valence-electron chi connectivity index (χ3n) is 3.20. The van der Waals surface area contributed by atoms with Crippen LogP contribution in [0.3, 0.4) is 0 Å². The summed E-state index contributed by atoms with van der Waals surface area (Å²) in [6, 6.07) is 0. The molecule has 106 valence electrons. The fraction of sp³-hybridized carbons (Fsp3) is 0.769. The third-order valence-corrected chi connectivity index (χ3v) is 3.20. The van der Waals surface area contributed by atoms with Gasteiger partial charge in [-0.1, -0.05) is 0 Å². The Morgan fingerprint density at radius 2 is 1.84 bits per heavy atom. The Hall–Kier alpha value is -1.59. The maximum absolute atomic E-state index is 11.9. The first-order valence-corrected chi connectivity index (χ1v) is 6.74. The Labute approximate surface area is 113 Å². The molecule has 0 N–H and O–H groups in total. The van der Waals surface area contributed by atoms with E-state index in [0.717, 1.165) is 32.5 Å². The van der Waals surface area contributed by atoms with Crippen molar-refractivity contribution in [3.63, 3.8) is 0 Å². The lowest BCUT2D eigenvalue weighted by molar-refractivity contribution is 0.0178. The number of rotatable bonds is 2. The summed E-state index contributed by atoms with van der Waals surface area (Å²) in [6.07, 6.45) is 5.27. The quantitative estimate of drug-likeness (QED) is 0.820. The van der Waals surface area contributed by atoms with Gasteiger partial charge in [0, 0.05) is 19.6 Å². The number of aromatic nitrogens is 3. The van der Waals surface area contributed by atoms with Gasteiger partial charge in [-0.2, -0.15) is 0 Å². The predicted molar refractivity (Wildman–Crippen MR) is 70.6 cm³/mol. The highest BCUT2D eigenvalue weighted by Gasteiger charge is 2.26. The van der Waals surface area contributed by atoms with E-state index in [1.807, 2.05) is 25.3 Å². The van der Waals surface area contributed by atoms with Crippen LogP contribution >= 0.6 is 0 Å². The van der Waals surface area contributed by atoms with Gasteiger partial charge >= 0.3 is 6.09 Å². The molecule has 6 nitrogen and oxygen atoms in total. The summed E-state index contributed by atoms with van der Waals surface area (Å²) >= 11 is 0. The maximum Gasteiger partial charge on any atom is 0.410 e. The van der Waals surface area contributed by atoms with Crippen molar-refractivity contribution in [2.24, 2.45) is 5.92 Å². The molecule has 6 heteroatoms. The number of carbonyl (C=O) groups is 1. The Balaban J connectivity index is 1.77. The molecule has 0 spiro atoms. The summed E-state index contributed by atoms with van der Waals surface area (Å²) < 4.78 is 7.37. The standard InChI is InChI=1S/C13H22N4O2/c1-13(2,3)19-12(18)17-6-4-11(5-7-17)8-16-9-14-15-10-16/h9-11H,4-8H2,1-3H3. The minimum atomic E-state index is -0.420. The lowest BCUT2D eigenvalue weighted by Gasteiger charge is -2.33. The summed E-state index contributed by atoms with van der Waals surface area (Å²) in [5.74, 6) is 0.578. The zero-order chi connectivity index (χ0) is 13.9. The monoisotopic (exact) mass is 266 g/mol. The van der Waals surface area contributed by atoms with Gasteiger partial charge in [0.2, 0.25) is 0 Å². The van der Waals surface area contributed by atoms with E-state index in [4.69, 9.17) is 4.74 Å². The van der Waals surface area contributed by atoms with Crippen molar-refractivity contribution in [1.29, 1.82) is 0 Å². The smallest absolute Gasteiger partial charge is 0.410 e. The molecule has 1 aliphatic rings. The van der Waals surface area contributed by atoms with Crippen LogP contribution in [0.15, 0.2) is 12.7 Å². The number of likely N-dealkylation sites (tertiary alicyclic amines) is 1. The van der Waals surface area contributed by atoms with Crippen LogP contribution in [0.1, 0.15) is 33.6 Å². The van der Waals surface area contributed by atoms with Crippen LogP contribution in [0.25, 0.3) is 0 Å². The molecular formula is C13H22N4O2. The van der Waals surface area contributed by atoms with E-state index in [-0.39, 0.29) is 6.09 Å². The number of nitrogens with zero attached hydrogens (tertiary/aromatic N) is 4. The molecule has 0 bridgehead atoms. The number of carbonyl (C=O) groups excluding carboxylic acids is 1. The van der Waals surface area contributed by atoms with Gasteiger partial charge in [-0.25, -0.2) is 4.79 Å². The number of amides is 1. The van der Waals surface area contributed by atoms with Crippen LogP contribution in [-0.4, -0.2) is 44.4 Å². The van der Waals surface area contributed by atoms with Crippen molar-refractivity contribution in [3.05, 3.63) is 12.7 Å². The molecule has 1 fully saturated rings. The van der Waals surface area contributed by atoms with E-state index in [1.54, 1.807) is 17.6 Å². The average Bonchev–Trinajstić information content (AvgIpc) is 2.80. The second-order valence-electron chi connectivity index (χ2n) is 6.07. The zero-order valence-electron chi connectivity index (χ0n) is 11.9. The van der Waals surface area contributed by atoms with Gasteiger partial charge in [0.1, 0.15) is 18.3 Å². The third kappa shape index (κ3) is 4.22. The Morgan fingerprint density at radius 1 is 1.26 bits per heavy atom. The highest BCUT2D eigenvalue weighted by Crippen LogP contribution is 2.20. The van der Waals surface area contributed by atoms with Gasteiger partial charge in [-0.15, -0.1) is 10.2 Å². The van der Waals surface area contributed by atoms with Crippen molar-refractivity contribution in [2.45, 2.75) is 45.8 Å². The molecule has 0 aliphatic carbocycles. The van der Waals surface area contributed by atoms with Crippen molar-refractivity contribution >= 4 is 6.09 Å². The van der Waals surface area contributed by atoms with Crippen LogP contribution < -0.4 is 0 Å². The van der Waals surface area contributed by atoms with E-state index in [9.17, 15) is 4.79 Å². The molecule has 0 radical (unpaired) electrons. The molecule has 19 heavy (non-hydrogen) atoms. The van der Waals surface area contributed by atoms with E-state index in [0.29, 0.717) is 5.92 Å². The summed E-state index contributed by atoms with van der Waals surface area (Å²) in [5.41, 5.74) is -0.420. The fourth-order valence-electron chi connectivity index (χ4n) is 2.24. The topological polar surface area (TPSA) is 60.2 Å². The number of hydrogen-bond acceptors (Lipinski definition) is 4. The number of piperidine rings is 1.